The van der Waals surface area contributed by atoms with Gasteiger partial charge in [0.25, 0.3) is 0 Å². The minimum absolute atomic E-state index is 0.211. The fourth-order valence-corrected chi connectivity index (χ4v) is 2.37. The second-order valence-corrected chi connectivity index (χ2v) is 4.33. The van der Waals surface area contributed by atoms with Crippen molar-refractivity contribution in [2.75, 3.05) is 20.3 Å². The van der Waals surface area contributed by atoms with Crippen LogP contribution >= 0.6 is 11.6 Å². The number of hydrogen-bond acceptors (Lipinski definition) is 5. The van der Waals surface area contributed by atoms with Gasteiger partial charge in [0, 0.05) is 17.5 Å². The van der Waals surface area contributed by atoms with Crippen LogP contribution in [0.3, 0.4) is 0 Å². The number of ether oxygens (including phenoxy) is 3. The number of aliphatic hydroxyl groups excluding tert-OH is 1. The zero-order chi connectivity index (χ0) is 13.2. The number of halogens is 1. The van der Waals surface area contributed by atoms with E-state index in [0.29, 0.717) is 36.6 Å². The molecule has 2 rings (SSSR count). The fourth-order valence-electron chi connectivity index (χ4n) is 2.18. The highest BCUT2D eigenvalue weighted by Crippen LogP contribution is 2.40. The van der Waals surface area contributed by atoms with Crippen molar-refractivity contribution in [3.05, 3.63) is 22.3 Å². The van der Waals surface area contributed by atoms with Crippen molar-refractivity contribution in [2.45, 2.75) is 25.7 Å². The van der Waals surface area contributed by atoms with Crippen LogP contribution in [0.5, 0.6) is 5.88 Å². The number of hydrogen-bond donors (Lipinski definition) is 1. The quantitative estimate of drug-likeness (QED) is 0.849. The predicted molar refractivity (Wildman–Crippen MR) is 65.6 cm³/mol. The van der Waals surface area contributed by atoms with E-state index >= 15 is 0 Å². The summed E-state index contributed by atoms with van der Waals surface area (Å²) in [5.74, 6) is -0.565. The summed E-state index contributed by atoms with van der Waals surface area (Å²) in [4.78, 5) is 4.03. The molecule has 1 fully saturated rings. The first-order chi connectivity index (χ1) is 8.66. The van der Waals surface area contributed by atoms with Gasteiger partial charge in [-0.2, -0.15) is 0 Å². The molecule has 1 aliphatic rings. The lowest BCUT2D eigenvalue weighted by molar-refractivity contribution is -0.168. The Morgan fingerprint density at radius 1 is 1.50 bits per heavy atom. The Morgan fingerprint density at radius 2 is 2.17 bits per heavy atom. The molecule has 0 spiro atoms. The van der Waals surface area contributed by atoms with Crippen LogP contribution in [0.15, 0.2) is 6.07 Å². The molecule has 0 amide bonds. The molecule has 0 aromatic carbocycles. The van der Waals surface area contributed by atoms with Gasteiger partial charge in [-0.3, -0.25) is 0 Å². The topological polar surface area (TPSA) is 60.8 Å². The van der Waals surface area contributed by atoms with E-state index in [2.05, 4.69) is 4.98 Å². The van der Waals surface area contributed by atoms with Gasteiger partial charge in [-0.1, -0.05) is 18.5 Å². The number of rotatable bonds is 4. The molecular weight excluding hydrogens is 258 g/mol. The SMILES string of the molecule is CCC1(c2cc(Cl)nc(OC)c2CO)OCCO1. The molecule has 1 saturated heterocycles. The Balaban J connectivity index is 2.57. The molecule has 0 radical (unpaired) electrons. The first-order valence-corrected chi connectivity index (χ1v) is 6.17. The summed E-state index contributed by atoms with van der Waals surface area (Å²) in [6.07, 6.45) is 0.615. The van der Waals surface area contributed by atoms with E-state index in [1.165, 1.54) is 7.11 Å². The van der Waals surface area contributed by atoms with Crippen LogP contribution in [-0.4, -0.2) is 30.4 Å². The Morgan fingerprint density at radius 3 is 2.67 bits per heavy atom. The van der Waals surface area contributed by atoms with Crippen molar-refractivity contribution in [1.82, 2.24) is 4.98 Å². The molecular formula is C12H16ClNO4. The molecule has 1 N–H and O–H groups in total. The molecule has 1 aromatic heterocycles. The average Bonchev–Trinajstić information content (AvgIpc) is 2.87. The normalized spacial score (nSPS) is 18.0. The molecule has 1 aromatic rings. The monoisotopic (exact) mass is 273 g/mol. The summed E-state index contributed by atoms with van der Waals surface area (Å²) < 4.78 is 16.5. The van der Waals surface area contributed by atoms with Crippen molar-refractivity contribution in [2.24, 2.45) is 0 Å². The van der Waals surface area contributed by atoms with E-state index in [4.69, 9.17) is 25.8 Å². The predicted octanol–water partition coefficient (Wildman–Crippen LogP) is 1.85. The molecule has 0 atom stereocenters. The summed E-state index contributed by atoms with van der Waals surface area (Å²) in [5.41, 5.74) is 1.23. The summed E-state index contributed by atoms with van der Waals surface area (Å²) in [5, 5.41) is 9.80. The molecule has 1 aliphatic heterocycles. The smallest absolute Gasteiger partial charge is 0.220 e. The van der Waals surface area contributed by atoms with Crippen molar-refractivity contribution >= 4 is 11.6 Å². The van der Waals surface area contributed by atoms with Crippen molar-refractivity contribution < 1.29 is 19.3 Å². The van der Waals surface area contributed by atoms with Gasteiger partial charge in [-0.15, -0.1) is 0 Å². The van der Waals surface area contributed by atoms with Gasteiger partial charge in [0.2, 0.25) is 5.88 Å². The van der Waals surface area contributed by atoms with Crippen LogP contribution in [0.2, 0.25) is 5.15 Å². The highest BCUT2D eigenvalue weighted by atomic mass is 35.5. The standard InChI is InChI=1S/C12H16ClNO4/c1-3-12(17-4-5-18-12)9-6-10(13)14-11(16-2)8(9)7-15/h6,15H,3-5,7H2,1-2H3. The zero-order valence-electron chi connectivity index (χ0n) is 10.4. The van der Waals surface area contributed by atoms with Crippen molar-refractivity contribution in [3.63, 3.8) is 0 Å². The van der Waals surface area contributed by atoms with E-state index in [0.717, 1.165) is 0 Å². The zero-order valence-corrected chi connectivity index (χ0v) is 11.2. The van der Waals surface area contributed by atoms with Gasteiger partial charge in [0.15, 0.2) is 5.79 Å². The first kappa shape index (κ1) is 13.5. The number of aliphatic hydroxyl groups is 1. The van der Waals surface area contributed by atoms with E-state index in [-0.39, 0.29) is 11.8 Å². The number of methoxy groups -OCH3 is 1. The summed E-state index contributed by atoms with van der Waals surface area (Å²) in [7, 11) is 1.48. The van der Waals surface area contributed by atoms with Crippen molar-refractivity contribution in [1.29, 1.82) is 0 Å². The Hall–Kier alpha value is -0.880. The van der Waals surface area contributed by atoms with Crippen LogP contribution in [0, 0.1) is 0 Å². The second-order valence-electron chi connectivity index (χ2n) is 3.94. The summed E-state index contributed by atoms with van der Waals surface area (Å²) >= 11 is 5.97. The molecule has 100 valence electrons. The highest BCUT2D eigenvalue weighted by molar-refractivity contribution is 6.29. The highest BCUT2D eigenvalue weighted by Gasteiger charge is 2.39. The maximum Gasteiger partial charge on any atom is 0.220 e. The van der Waals surface area contributed by atoms with E-state index in [9.17, 15) is 5.11 Å². The van der Waals surface area contributed by atoms with E-state index < -0.39 is 5.79 Å². The fraction of sp³-hybridized carbons (Fsp3) is 0.583. The summed E-state index contributed by atoms with van der Waals surface area (Å²) in [6.45, 7) is 2.77. The minimum atomic E-state index is -0.863. The molecule has 5 nitrogen and oxygen atoms in total. The van der Waals surface area contributed by atoms with Gasteiger partial charge in [0.05, 0.1) is 26.9 Å². The van der Waals surface area contributed by atoms with Crippen LogP contribution in [-0.2, 0) is 21.9 Å². The first-order valence-electron chi connectivity index (χ1n) is 5.79. The number of aromatic nitrogens is 1. The maximum absolute atomic E-state index is 9.52. The molecule has 2 heterocycles. The Labute approximate surface area is 111 Å². The molecule has 6 heteroatoms. The molecule has 18 heavy (non-hydrogen) atoms. The van der Waals surface area contributed by atoms with Crippen LogP contribution in [0.1, 0.15) is 24.5 Å². The van der Waals surface area contributed by atoms with Gasteiger partial charge in [-0.05, 0) is 6.07 Å². The molecule has 0 saturated carbocycles. The minimum Gasteiger partial charge on any atom is -0.481 e. The van der Waals surface area contributed by atoms with Gasteiger partial charge in [0.1, 0.15) is 5.15 Å². The third-order valence-electron chi connectivity index (χ3n) is 3.04. The lowest BCUT2D eigenvalue weighted by Crippen LogP contribution is -2.28. The van der Waals surface area contributed by atoms with Gasteiger partial charge >= 0.3 is 0 Å². The lowest BCUT2D eigenvalue weighted by atomic mass is 9.99. The summed E-state index contributed by atoms with van der Waals surface area (Å²) in [6, 6.07) is 1.66. The second kappa shape index (κ2) is 5.40. The lowest BCUT2D eigenvalue weighted by Gasteiger charge is -2.28. The Bertz CT molecular complexity index is 432. The molecule has 0 unspecified atom stereocenters. The number of pyridine rings is 1. The third kappa shape index (κ3) is 2.19. The molecule has 0 bridgehead atoms. The third-order valence-corrected chi connectivity index (χ3v) is 3.23. The van der Waals surface area contributed by atoms with Crippen LogP contribution in [0.4, 0.5) is 0 Å². The molecule has 0 aliphatic carbocycles. The van der Waals surface area contributed by atoms with Crippen molar-refractivity contribution in [3.8, 4) is 5.88 Å². The Kier molecular flexibility index (Phi) is 4.07. The van der Waals surface area contributed by atoms with Gasteiger partial charge in [-0.25, -0.2) is 4.98 Å². The van der Waals surface area contributed by atoms with Crippen LogP contribution in [0.25, 0.3) is 0 Å². The number of nitrogens with zero attached hydrogens (tertiary/aromatic N) is 1. The maximum atomic E-state index is 9.52. The van der Waals surface area contributed by atoms with E-state index in [1.807, 2.05) is 6.92 Å². The van der Waals surface area contributed by atoms with Gasteiger partial charge < -0.3 is 19.3 Å². The van der Waals surface area contributed by atoms with E-state index in [1.54, 1.807) is 6.07 Å². The largest absolute Gasteiger partial charge is 0.481 e. The average molecular weight is 274 g/mol. The van der Waals surface area contributed by atoms with Crippen LogP contribution < -0.4 is 4.74 Å².